The second-order valence-electron chi connectivity index (χ2n) is 4.80. The summed E-state index contributed by atoms with van der Waals surface area (Å²) in [4.78, 5) is 0. The zero-order valence-corrected chi connectivity index (χ0v) is 12.1. The summed E-state index contributed by atoms with van der Waals surface area (Å²) in [5.74, 6) is 1.06. The highest BCUT2D eigenvalue weighted by Crippen LogP contribution is 2.31. The third-order valence-electron chi connectivity index (χ3n) is 3.30. The van der Waals surface area contributed by atoms with Crippen LogP contribution in [0.2, 0.25) is 0 Å². The van der Waals surface area contributed by atoms with E-state index in [0.717, 1.165) is 22.4 Å². The topological polar surface area (TPSA) is 29.5 Å². The first-order valence-corrected chi connectivity index (χ1v) is 6.98. The molecule has 2 aromatic rings. The van der Waals surface area contributed by atoms with E-state index in [2.05, 4.69) is 13.2 Å². The summed E-state index contributed by atoms with van der Waals surface area (Å²) in [5.41, 5.74) is 2.94. The molecule has 2 heteroatoms. The van der Waals surface area contributed by atoms with Crippen molar-refractivity contribution in [2.24, 2.45) is 0 Å². The maximum absolute atomic E-state index is 10.0. The Kier molecular flexibility index (Phi) is 5.22. The second-order valence-corrected chi connectivity index (χ2v) is 4.80. The molecule has 21 heavy (non-hydrogen) atoms. The van der Waals surface area contributed by atoms with E-state index in [0.29, 0.717) is 19.4 Å². The average Bonchev–Trinajstić information content (AvgIpc) is 2.51. The molecule has 0 amide bonds. The number of aromatic hydroxyl groups is 1. The van der Waals surface area contributed by atoms with Crippen LogP contribution in [0.1, 0.15) is 16.7 Å². The third kappa shape index (κ3) is 3.76. The highest BCUT2D eigenvalue weighted by atomic mass is 16.5. The highest BCUT2D eigenvalue weighted by Gasteiger charge is 2.12. The molecule has 0 heterocycles. The smallest absolute Gasteiger partial charge is 0.123 e. The molecular formula is C19H20O2. The average molecular weight is 280 g/mol. The van der Waals surface area contributed by atoms with Crippen molar-refractivity contribution in [3.63, 3.8) is 0 Å². The summed E-state index contributed by atoms with van der Waals surface area (Å²) in [6.07, 6.45) is 4.86. The summed E-state index contributed by atoms with van der Waals surface area (Å²) >= 11 is 0. The number of allylic oxidation sites excluding steroid dienone is 2. The van der Waals surface area contributed by atoms with E-state index < -0.39 is 0 Å². The van der Waals surface area contributed by atoms with Gasteiger partial charge in [-0.15, -0.1) is 13.2 Å². The van der Waals surface area contributed by atoms with Crippen LogP contribution >= 0.6 is 0 Å². The fraction of sp³-hybridized carbons (Fsp3) is 0.158. The minimum Gasteiger partial charge on any atom is -0.508 e. The van der Waals surface area contributed by atoms with Crippen molar-refractivity contribution in [1.82, 2.24) is 0 Å². The van der Waals surface area contributed by atoms with Gasteiger partial charge in [0.25, 0.3) is 0 Å². The number of hydrogen-bond donors (Lipinski definition) is 1. The number of hydrogen-bond acceptors (Lipinski definition) is 2. The van der Waals surface area contributed by atoms with E-state index in [1.807, 2.05) is 42.5 Å². The number of benzene rings is 2. The van der Waals surface area contributed by atoms with E-state index in [1.165, 1.54) is 0 Å². The Balaban J connectivity index is 2.27. The minimum absolute atomic E-state index is 0.277. The predicted octanol–water partition coefficient (Wildman–Crippen LogP) is 4.43. The minimum atomic E-state index is 0.277. The largest absolute Gasteiger partial charge is 0.508 e. The first-order chi connectivity index (χ1) is 10.3. The van der Waals surface area contributed by atoms with E-state index in [-0.39, 0.29) is 5.75 Å². The molecule has 2 rings (SSSR count). The Morgan fingerprint density at radius 3 is 2.24 bits per heavy atom. The standard InChI is InChI=1S/C19H20O2/c1-3-8-16-17(9-4-2)19(13-12-18(16)20)21-14-15-10-6-5-7-11-15/h3-7,10-13,20H,1-2,8-9,14H2. The van der Waals surface area contributed by atoms with Crippen molar-refractivity contribution in [3.05, 3.63) is 84.5 Å². The molecule has 1 N–H and O–H groups in total. The van der Waals surface area contributed by atoms with Gasteiger partial charge in [-0.3, -0.25) is 0 Å². The van der Waals surface area contributed by atoms with Crippen LogP contribution in [0, 0.1) is 0 Å². The van der Waals surface area contributed by atoms with Crippen molar-refractivity contribution in [2.45, 2.75) is 19.4 Å². The first-order valence-electron chi connectivity index (χ1n) is 6.98. The van der Waals surface area contributed by atoms with Crippen molar-refractivity contribution in [1.29, 1.82) is 0 Å². The molecular weight excluding hydrogens is 260 g/mol. The summed E-state index contributed by atoms with van der Waals surface area (Å²) in [6, 6.07) is 13.5. The molecule has 108 valence electrons. The van der Waals surface area contributed by atoms with Crippen molar-refractivity contribution in [3.8, 4) is 11.5 Å². The number of phenols is 1. The SMILES string of the molecule is C=CCc1c(O)ccc(OCc2ccccc2)c1CC=C. The zero-order valence-electron chi connectivity index (χ0n) is 12.1. The van der Waals surface area contributed by atoms with Crippen LogP contribution in [-0.2, 0) is 19.4 Å². The summed E-state index contributed by atoms with van der Waals surface area (Å²) < 4.78 is 5.92. The van der Waals surface area contributed by atoms with E-state index >= 15 is 0 Å². The lowest BCUT2D eigenvalue weighted by Crippen LogP contribution is -2.01. The van der Waals surface area contributed by atoms with Crippen LogP contribution in [0.4, 0.5) is 0 Å². The third-order valence-corrected chi connectivity index (χ3v) is 3.30. The number of phenolic OH excluding ortho intramolecular Hbond substituents is 1. The fourth-order valence-electron chi connectivity index (χ4n) is 2.27. The second kappa shape index (κ2) is 7.34. The van der Waals surface area contributed by atoms with Gasteiger partial charge in [0.05, 0.1) is 0 Å². The van der Waals surface area contributed by atoms with Crippen LogP contribution in [0.5, 0.6) is 11.5 Å². The Hall–Kier alpha value is -2.48. The molecule has 0 bridgehead atoms. The quantitative estimate of drug-likeness (QED) is 0.760. The van der Waals surface area contributed by atoms with Gasteiger partial charge in [-0.1, -0.05) is 42.5 Å². The lowest BCUT2D eigenvalue weighted by atomic mass is 9.99. The van der Waals surface area contributed by atoms with Gasteiger partial charge in [0.1, 0.15) is 18.1 Å². The van der Waals surface area contributed by atoms with Crippen molar-refractivity contribution >= 4 is 0 Å². The van der Waals surface area contributed by atoms with E-state index in [4.69, 9.17) is 4.74 Å². The molecule has 0 saturated carbocycles. The molecule has 0 aliphatic rings. The Bertz CT molecular complexity index is 615. The van der Waals surface area contributed by atoms with E-state index in [9.17, 15) is 5.11 Å². The maximum Gasteiger partial charge on any atom is 0.123 e. The van der Waals surface area contributed by atoms with Crippen LogP contribution < -0.4 is 4.74 Å². The molecule has 0 fully saturated rings. The first kappa shape index (κ1) is 14.9. The van der Waals surface area contributed by atoms with Crippen LogP contribution in [0.3, 0.4) is 0 Å². The normalized spacial score (nSPS) is 10.1. The van der Waals surface area contributed by atoms with Crippen LogP contribution in [0.25, 0.3) is 0 Å². The van der Waals surface area contributed by atoms with Gasteiger partial charge >= 0.3 is 0 Å². The molecule has 2 aromatic carbocycles. The molecule has 0 aliphatic heterocycles. The van der Waals surface area contributed by atoms with Gasteiger partial charge in [-0.25, -0.2) is 0 Å². The monoisotopic (exact) mass is 280 g/mol. The van der Waals surface area contributed by atoms with E-state index in [1.54, 1.807) is 12.1 Å². The lowest BCUT2D eigenvalue weighted by Gasteiger charge is -2.15. The van der Waals surface area contributed by atoms with Gasteiger partial charge in [-0.2, -0.15) is 0 Å². The fourth-order valence-corrected chi connectivity index (χ4v) is 2.27. The van der Waals surface area contributed by atoms with Crippen molar-refractivity contribution in [2.75, 3.05) is 0 Å². The lowest BCUT2D eigenvalue weighted by molar-refractivity contribution is 0.302. The molecule has 0 saturated heterocycles. The van der Waals surface area contributed by atoms with Gasteiger partial charge in [-0.05, 0) is 30.5 Å². The summed E-state index contributed by atoms with van der Waals surface area (Å²) in [7, 11) is 0. The Morgan fingerprint density at radius 1 is 0.905 bits per heavy atom. The zero-order chi connectivity index (χ0) is 15.1. The number of rotatable bonds is 7. The predicted molar refractivity (Wildman–Crippen MR) is 86.7 cm³/mol. The molecule has 0 unspecified atom stereocenters. The van der Waals surface area contributed by atoms with Gasteiger partial charge in [0.15, 0.2) is 0 Å². The number of ether oxygens (including phenoxy) is 1. The highest BCUT2D eigenvalue weighted by molar-refractivity contribution is 5.49. The molecule has 0 aromatic heterocycles. The summed E-state index contributed by atoms with van der Waals surface area (Å²) in [6.45, 7) is 8.03. The van der Waals surface area contributed by atoms with Crippen LogP contribution in [-0.4, -0.2) is 5.11 Å². The molecule has 0 atom stereocenters. The van der Waals surface area contributed by atoms with Gasteiger partial charge in [0.2, 0.25) is 0 Å². The Labute approximate surface area is 126 Å². The maximum atomic E-state index is 10.0. The van der Waals surface area contributed by atoms with Gasteiger partial charge < -0.3 is 9.84 Å². The summed E-state index contributed by atoms with van der Waals surface area (Å²) in [5, 5.41) is 10.0. The van der Waals surface area contributed by atoms with Crippen molar-refractivity contribution < 1.29 is 9.84 Å². The van der Waals surface area contributed by atoms with Crippen LogP contribution in [0.15, 0.2) is 67.8 Å². The van der Waals surface area contributed by atoms with Gasteiger partial charge in [0, 0.05) is 11.1 Å². The Morgan fingerprint density at radius 2 is 1.57 bits per heavy atom. The molecule has 0 aliphatic carbocycles. The molecule has 0 spiro atoms. The molecule has 2 nitrogen and oxygen atoms in total. The molecule has 0 radical (unpaired) electrons.